The summed E-state index contributed by atoms with van der Waals surface area (Å²) in [6, 6.07) is 17.3. The van der Waals surface area contributed by atoms with E-state index in [1.54, 1.807) is 68.4 Å². The van der Waals surface area contributed by atoms with Crippen molar-refractivity contribution in [2.45, 2.75) is 45.3 Å². The van der Waals surface area contributed by atoms with Crippen LogP contribution in [0.25, 0.3) is 22.3 Å². The lowest BCUT2D eigenvalue weighted by molar-refractivity contribution is -0.151. The van der Waals surface area contributed by atoms with Crippen LogP contribution in [0, 0.1) is 5.92 Å². The molecular formula is C32H35FN2O7. The molecule has 1 aliphatic heterocycles. The third-order valence-electron chi connectivity index (χ3n) is 7.08. The predicted molar refractivity (Wildman–Crippen MR) is 156 cm³/mol. The summed E-state index contributed by atoms with van der Waals surface area (Å²) in [5, 5.41) is 25.9. The minimum absolute atomic E-state index is 0. The predicted octanol–water partition coefficient (Wildman–Crippen LogP) is 4.55. The normalized spacial score (nSPS) is 14.0. The molecule has 10 heteroatoms. The zero-order valence-electron chi connectivity index (χ0n) is 23.5. The molecule has 0 unspecified atom stereocenters. The average Bonchev–Trinajstić information content (AvgIpc) is 2.96. The fourth-order valence-electron chi connectivity index (χ4n) is 5.10. The first-order valence-electron chi connectivity index (χ1n) is 13.7. The van der Waals surface area contributed by atoms with Gasteiger partial charge in [-0.15, -0.1) is 0 Å². The first kappa shape index (κ1) is 32.0. The first-order chi connectivity index (χ1) is 19.7. The van der Waals surface area contributed by atoms with Gasteiger partial charge >= 0.3 is 17.9 Å². The second-order valence-electron chi connectivity index (χ2n) is 10.4. The van der Waals surface area contributed by atoms with Crippen molar-refractivity contribution in [3.05, 3.63) is 83.4 Å². The van der Waals surface area contributed by atoms with E-state index in [-0.39, 0.29) is 40.2 Å². The number of nitrogens with one attached hydrogen (secondary N) is 2. The fourth-order valence-corrected chi connectivity index (χ4v) is 5.10. The number of benzene rings is 3. The fraction of sp³-hybridized carbons (Fsp3) is 0.312. The molecule has 1 fully saturated rings. The molecule has 1 aliphatic rings. The Kier molecular flexibility index (Phi) is 10.9. The zero-order valence-corrected chi connectivity index (χ0v) is 23.5. The van der Waals surface area contributed by atoms with Crippen LogP contribution in [0.1, 0.15) is 53.0 Å². The van der Waals surface area contributed by atoms with Gasteiger partial charge in [-0.3, -0.25) is 9.50 Å². The SMILES string of the molecule is CC(C)OC(=O)[C@H](Cc1ccc(-c2ccccc2C(=O)O)c(-c2ccccc2C(=O)O)c1)NC(=O)C1CCNCC1.F. The molecular weight excluding hydrogens is 543 g/mol. The van der Waals surface area contributed by atoms with Crippen molar-refractivity contribution < 1.29 is 38.8 Å². The van der Waals surface area contributed by atoms with E-state index >= 15 is 0 Å². The molecule has 0 bridgehead atoms. The van der Waals surface area contributed by atoms with E-state index in [4.69, 9.17) is 4.74 Å². The number of hydrogen-bond acceptors (Lipinski definition) is 6. The summed E-state index contributed by atoms with van der Waals surface area (Å²) in [5.74, 6) is -3.22. The molecule has 4 rings (SSSR count). The Labute approximate surface area is 243 Å². The maximum absolute atomic E-state index is 13.1. The van der Waals surface area contributed by atoms with Crippen LogP contribution in [0.15, 0.2) is 66.7 Å². The summed E-state index contributed by atoms with van der Waals surface area (Å²) < 4.78 is 5.46. The Morgan fingerprint density at radius 2 is 1.38 bits per heavy atom. The number of ether oxygens (including phenoxy) is 1. The number of carboxylic acid groups (broad SMARTS) is 2. The van der Waals surface area contributed by atoms with E-state index in [0.717, 1.165) is 13.1 Å². The lowest BCUT2D eigenvalue weighted by Gasteiger charge is -2.25. The summed E-state index contributed by atoms with van der Waals surface area (Å²) >= 11 is 0. The summed E-state index contributed by atoms with van der Waals surface area (Å²) in [4.78, 5) is 50.3. The van der Waals surface area contributed by atoms with E-state index in [2.05, 4.69) is 10.6 Å². The first-order valence-corrected chi connectivity index (χ1v) is 13.7. The molecule has 0 aromatic heterocycles. The summed E-state index contributed by atoms with van der Waals surface area (Å²) in [7, 11) is 0. The zero-order chi connectivity index (χ0) is 29.5. The lowest BCUT2D eigenvalue weighted by Crippen LogP contribution is -2.48. The van der Waals surface area contributed by atoms with Crippen LogP contribution in [-0.2, 0) is 20.7 Å². The number of carboxylic acids is 2. The monoisotopic (exact) mass is 578 g/mol. The molecule has 1 amide bonds. The molecule has 3 aromatic rings. The maximum Gasteiger partial charge on any atom is 0.336 e. The van der Waals surface area contributed by atoms with Crippen molar-refractivity contribution in [2.75, 3.05) is 13.1 Å². The van der Waals surface area contributed by atoms with Crippen molar-refractivity contribution in [3.8, 4) is 22.3 Å². The van der Waals surface area contributed by atoms with Crippen LogP contribution in [-0.4, -0.2) is 59.3 Å². The highest BCUT2D eigenvalue weighted by molar-refractivity contribution is 6.02. The minimum Gasteiger partial charge on any atom is -0.478 e. The number of halogens is 1. The van der Waals surface area contributed by atoms with Gasteiger partial charge in [0.25, 0.3) is 0 Å². The summed E-state index contributed by atoms with van der Waals surface area (Å²) in [6.45, 7) is 4.92. The number of amides is 1. The molecule has 0 spiro atoms. The van der Waals surface area contributed by atoms with Gasteiger partial charge in [0.05, 0.1) is 17.2 Å². The third-order valence-corrected chi connectivity index (χ3v) is 7.08. The number of carbonyl (C=O) groups is 4. The molecule has 222 valence electrons. The van der Waals surface area contributed by atoms with Gasteiger partial charge in [-0.05, 0) is 79.7 Å². The Bertz CT molecular complexity index is 1450. The van der Waals surface area contributed by atoms with Crippen LogP contribution in [0.4, 0.5) is 4.70 Å². The van der Waals surface area contributed by atoms with Crippen molar-refractivity contribution >= 4 is 23.8 Å². The van der Waals surface area contributed by atoms with Crippen LogP contribution in [0.5, 0.6) is 0 Å². The van der Waals surface area contributed by atoms with Crippen molar-refractivity contribution in [1.82, 2.24) is 10.6 Å². The molecule has 1 saturated heterocycles. The number of piperidine rings is 1. The summed E-state index contributed by atoms with van der Waals surface area (Å²) in [5.41, 5.74) is 2.62. The quantitative estimate of drug-likeness (QED) is 0.257. The van der Waals surface area contributed by atoms with Gasteiger partial charge in [0.1, 0.15) is 6.04 Å². The summed E-state index contributed by atoms with van der Waals surface area (Å²) in [6.07, 6.45) is 1.07. The largest absolute Gasteiger partial charge is 0.478 e. The Hall–Kier alpha value is -4.57. The topological polar surface area (TPSA) is 142 Å². The van der Waals surface area contributed by atoms with E-state index in [1.807, 2.05) is 0 Å². The number of carbonyl (C=O) groups excluding carboxylic acids is 2. The van der Waals surface area contributed by atoms with Crippen LogP contribution >= 0.6 is 0 Å². The molecule has 9 nitrogen and oxygen atoms in total. The van der Waals surface area contributed by atoms with Gasteiger partial charge in [-0.1, -0.05) is 54.6 Å². The Morgan fingerprint density at radius 3 is 1.93 bits per heavy atom. The van der Waals surface area contributed by atoms with E-state index in [0.29, 0.717) is 40.7 Å². The van der Waals surface area contributed by atoms with Gasteiger partial charge in [0.2, 0.25) is 5.91 Å². The highest BCUT2D eigenvalue weighted by Gasteiger charge is 2.29. The molecule has 4 N–H and O–H groups in total. The second kappa shape index (κ2) is 14.4. The van der Waals surface area contributed by atoms with E-state index in [1.165, 1.54) is 12.1 Å². The number of rotatable bonds is 10. The van der Waals surface area contributed by atoms with Crippen molar-refractivity contribution in [2.24, 2.45) is 5.92 Å². The number of aromatic carboxylic acids is 2. The molecule has 0 aliphatic carbocycles. The average molecular weight is 579 g/mol. The molecule has 1 atom stereocenters. The van der Waals surface area contributed by atoms with Gasteiger partial charge < -0.3 is 25.6 Å². The van der Waals surface area contributed by atoms with Crippen LogP contribution in [0.3, 0.4) is 0 Å². The van der Waals surface area contributed by atoms with Crippen molar-refractivity contribution in [3.63, 3.8) is 0 Å². The van der Waals surface area contributed by atoms with E-state index in [9.17, 15) is 29.4 Å². The van der Waals surface area contributed by atoms with Crippen LogP contribution in [0.2, 0.25) is 0 Å². The highest BCUT2D eigenvalue weighted by Crippen LogP contribution is 2.37. The third kappa shape index (κ3) is 7.58. The smallest absolute Gasteiger partial charge is 0.336 e. The molecule has 3 aromatic carbocycles. The molecule has 0 radical (unpaired) electrons. The van der Waals surface area contributed by atoms with Crippen molar-refractivity contribution in [1.29, 1.82) is 0 Å². The minimum atomic E-state index is -1.13. The molecule has 42 heavy (non-hydrogen) atoms. The number of esters is 1. The van der Waals surface area contributed by atoms with Crippen LogP contribution < -0.4 is 10.6 Å². The van der Waals surface area contributed by atoms with Gasteiger partial charge in [-0.25, -0.2) is 14.4 Å². The number of hydrogen-bond donors (Lipinski definition) is 4. The van der Waals surface area contributed by atoms with E-state index < -0.39 is 23.9 Å². The van der Waals surface area contributed by atoms with Gasteiger partial charge in [-0.2, -0.15) is 0 Å². The molecule has 0 saturated carbocycles. The second-order valence-corrected chi connectivity index (χ2v) is 10.4. The maximum atomic E-state index is 13.1. The lowest BCUT2D eigenvalue weighted by atomic mass is 9.87. The highest BCUT2D eigenvalue weighted by atomic mass is 19.0. The Morgan fingerprint density at radius 1 is 0.833 bits per heavy atom. The standard InChI is InChI=1S/C32H34N2O7.FH/c1-19(2)41-32(40)28(34-29(35)21-13-15-33-16-14-21)18-20-11-12-24(22-7-3-5-9-25(22)30(36)37)27(17-20)23-8-4-6-10-26(23)31(38)39;/h3-12,17,19,21,28,33H,13-16,18H2,1-2H3,(H,34,35)(H,36,37)(H,38,39);1H/t28-;/m0./s1. The van der Waals surface area contributed by atoms with Gasteiger partial charge in [0.15, 0.2) is 0 Å². The molecule has 1 heterocycles. The Balaban J connectivity index is 0.00000484. The van der Waals surface area contributed by atoms with Gasteiger partial charge in [0, 0.05) is 12.3 Å².